The molecule has 0 bridgehead atoms. The van der Waals surface area contributed by atoms with Crippen LogP contribution in [-0.4, -0.2) is 70.9 Å². The Morgan fingerprint density at radius 2 is 1.67 bits per heavy atom. The predicted octanol–water partition coefficient (Wildman–Crippen LogP) is 8.40. The van der Waals surface area contributed by atoms with Crippen LogP contribution in [0.1, 0.15) is 100 Å². The minimum Gasteiger partial charge on any atom is -0.444 e. The number of likely N-dealkylation sites (tertiary alicyclic amines) is 1. The van der Waals surface area contributed by atoms with Crippen LogP contribution in [0.3, 0.4) is 0 Å². The maximum Gasteiger partial charge on any atom is 0.410 e. The molecule has 1 aliphatic heterocycles. The van der Waals surface area contributed by atoms with Crippen LogP contribution in [-0.2, 0) is 22.1 Å². The zero-order chi connectivity index (χ0) is 35.6. The van der Waals surface area contributed by atoms with E-state index in [0.717, 1.165) is 35.3 Å². The molecular formula is C39H55N5O4Si. The molecular weight excluding hydrogens is 631 g/mol. The molecule has 5 rings (SSSR count). The minimum absolute atomic E-state index is 0.0217. The second-order valence-corrected chi connectivity index (χ2v) is 21.1. The van der Waals surface area contributed by atoms with E-state index in [2.05, 4.69) is 50.2 Å². The van der Waals surface area contributed by atoms with Crippen LogP contribution >= 0.6 is 0 Å². The molecule has 2 aromatic heterocycles. The number of aromatic nitrogens is 2. The Morgan fingerprint density at radius 3 is 2.24 bits per heavy atom. The first-order valence-corrected chi connectivity index (χ1v) is 20.6. The Morgan fingerprint density at radius 1 is 0.959 bits per heavy atom. The number of nitrogens with zero attached hydrogens (tertiary/aromatic N) is 4. The summed E-state index contributed by atoms with van der Waals surface area (Å²) in [5, 5.41) is 3.46. The molecule has 1 N–H and O–H groups in total. The molecule has 0 spiro atoms. The SMILES string of the molecule is CN(Cc1cccnc1)C(=O)c1ccc(C[C@@H]2CC[C@H]([C@H](O[Si](C)(C)C(C)(C)C)c3ccc(NC4CC4)nc3)N2C(=O)OC(C)(C)C)cc1. The molecule has 1 aromatic carbocycles. The van der Waals surface area contributed by atoms with Gasteiger partial charge in [-0.05, 0) is 106 Å². The molecule has 3 aromatic rings. The van der Waals surface area contributed by atoms with Gasteiger partial charge >= 0.3 is 6.09 Å². The molecule has 49 heavy (non-hydrogen) atoms. The molecule has 264 valence electrons. The number of pyridine rings is 2. The Labute approximate surface area is 293 Å². The van der Waals surface area contributed by atoms with Crippen LogP contribution in [0, 0.1) is 0 Å². The van der Waals surface area contributed by atoms with Crippen molar-refractivity contribution < 1.29 is 18.8 Å². The fourth-order valence-corrected chi connectivity index (χ4v) is 7.36. The van der Waals surface area contributed by atoms with E-state index in [4.69, 9.17) is 14.1 Å². The van der Waals surface area contributed by atoms with E-state index in [1.165, 1.54) is 12.8 Å². The smallest absolute Gasteiger partial charge is 0.410 e. The average Bonchev–Trinajstić information content (AvgIpc) is 3.75. The number of nitrogens with one attached hydrogen (secondary N) is 1. The Hall–Kier alpha value is -3.76. The fourth-order valence-electron chi connectivity index (χ4n) is 6.08. The van der Waals surface area contributed by atoms with Crippen LogP contribution in [0.4, 0.5) is 10.6 Å². The summed E-state index contributed by atoms with van der Waals surface area (Å²) in [5.74, 6) is 0.820. The molecule has 2 fully saturated rings. The van der Waals surface area contributed by atoms with Crippen molar-refractivity contribution >= 4 is 26.1 Å². The lowest BCUT2D eigenvalue weighted by molar-refractivity contribution is -0.00244. The van der Waals surface area contributed by atoms with Gasteiger partial charge in [0.25, 0.3) is 5.91 Å². The molecule has 0 radical (unpaired) electrons. The van der Waals surface area contributed by atoms with Gasteiger partial charge in [-0.25, -0.2) is 9.78 Å². The van der Waals surface area contributed by atoms with Crippen molar-refractivity contribution in [1.82, 2.24) is 19.8 Å². The van der Waals surface area contributed by atoms with Gasteiger partial charge in [-0.15, -0.1) is 0 Å². The molecule has 3 atom stereocenters. The second-order valence-electron chi connectivity index (χ2n) is 16.3. The first-order chi connectivity index (χ1) is 23.0. The topological polar surface area (TPSA) is 96.9 Å². The summed E-state index contributed by atoms with van der Waals surface area (Å²) in [4.78, 5) is 39.9. The van der Waals surface area contributed by atoms with Gasteiger partial charge in [-0.2, -0.15) is 0 Å². The van der Waals surface area contributed by atoms with Crippen molar-refractivity contribution in [3.05, 3.63) is 89.4 Å². The number of ether oxygens (including phenoxy) is 1. The van der Waals surface area contributed by atoms with Crippen molar-refractivity contribution in [2.24, 2.45) is 0 Å². The highest BCUT2D eigenvalue weighted by Crippen LogP contribution is 2.44. The van der Waals surface area contributed by atoms with Crippen LogP contribution < -0.4 is 5.32 Å². The largest absolute Gasteiger partial charge is 0.444 e. The molecule has 2 amide bonds. The molecule has 2 aliphatic rings. The van der Waals surface area contributed by atoms with E-state index in [-0.39, 0.29) is 35.2 Å². The highest BCUT2D eigenvalue weighted by Gasteiger charge is 2.48. The monoisotopic (exact) mass is 685 g/mol. The highest BCUT2D eigenvalue weighted by molar-refractivity contribution is 6.74. The van der Waals surface area contributed by atoms with Gasteiger partial charge in [-0.1, -0.05) is 45.0 Å². The normalized spacial score (nSPS) is 19.0. The molecule has 0 unspecified atom stereocenters. The Kier molecular flexibility index (Phi) is 10.9. The van der Waals surface area contributed by atoms with Crippen molar-refractivity contribution in [2.45, 2.75) is 128 Å². The highest BCUT2D eigenvalue weighted by atomic mass is 28.4. The zero-order valence-electron chi connectivity index (χ0n) is 30.8. The standard InChI is InChI=1S/C39H55N5O4Si/c1-38(2,3)47-37(46)44-32(23-27-12-14-29(15-13-27)36(45)43(7)26-28-11-10-22-40-24-28)19-20-33(44)35(48-49(8,9)39(4,5)6)30-16-21-34(41-25-30)42-31-17-18-31/h10-16,21-22,24-25,31-33,35H,17-20,23,26H2,1-9H3,(H,41,42)/t32-,33+,35+/m0/s1. The summed E-state index contributed by atoms with van der Waals surface area (Å²) in [6, 6.07) is 16.0. The van der Waals surface area contributed by atoms with E-state index in [1.54, 1.807) is 24.3 Å². The van der Waals surface area contributed by atoms with Crippen molar-refractivity contribution in [3.8, 4) is 0 Å². The maximum atomic E-state index is 14.1. The van der Waals surface area contributed by atoms with Gasteiger partial charge in [0.05, 0.1) is 12.1 Å². The third-order valence-electron chi connectivity index (χ3n) is 9.93. The first-order valence-electron chi connectivity index (χ1n) is 17.7. The number of rotatable bonds is 11. The Bertz CT molecular complexity index is 1560. The summed E-state index contributed by atoms with van der Waals surface area (Å²) >= 11 is 0. The molecule has 1 saturated carbocycles. The Balaban J connectivity index is 1.39. The molecule has 10 heteroatoms. The van der Waals surface area contributed by atoms with Crippen LogP contribution in [0.15, 0.2) is 67.1 Å². The number of hydrogen-bond acceptors (Lipinski definition) is 7. The zero-order valence-corrected chi connectivity index (χ0v) is 31.8. The van der Waals surface area contributed by atoms with E-state index >= 15 is 0 Å². The summed E-state index contributed by atoms with van der Waals surface area (Å²) in [5.41, 5.74) is 2.99. The van der Waals surface area contributed by atoms with E-state index in [1.807, 2.05) is 74.3 Å². The number of carbonyl (C=O) groups excluding carboxylic acids is 2. The molecule has 3 heterocycles. The van der Waals surface area contributed by atoms with Gasteiger partial charge in [0.15, 0.2) is 8.32 Å². The van der Waals surface area contributed by atoms with E-state index in [9.17, 15) is 9.59 Å². The lowest BCUT2D eigenvalue weighted by Crippen LogP contribution is -2.50. The minimum atomic E-state index is -2.27. The molecule has 9 nitrogen and oxygen atoms in total. The van der Waals surface area contributed by atoms with Crippen LogP contribution in [0.5, 0.6) is 0 Å². The lowest BCUT2D eigenvalue weighted by Gasteiger charge is -2.43. The summed E-state index contributed by atoms with van der Waals surface area (Å²) in [6.07, 6.45) is 9.33. The quantitative estimate of drug-likeness (QED) is 0.203. The van der Waals surface area contributed by atoms with Crippen molar-refractivity contribution in [2.75, 3.05) is 12.4 Å². The summed E-state index contributed by atoms with van der Waals surface area (Å²) < 4.78 is 13.3. The number of amides is 2. The van der Waals surface area contributed by atoms with Gasteiger partial charge < -0.3 is 19.4 Å². The van der Waals surface area contributed by atoms with E-state index in [0.29, 0.717) is 24.6 Å². The summed E-state index contributed by atoms with van der Waals surface area (Å²) in [6.45, 7) is 17.5. The number of carbonyl (C=O) groups is 2. The van der Waals surface area contributed by atoms with Gasteiger partial charge in [0.2, 0.25) is 0 Å². The summed E-state index contributed by atoms with van der Waals surface area (Å²) in [7, 11) is -0.467. The third-order valence-corrected chi connectivity index (χ3v) is 14.4. The van der Waals surface area contributed by atoms with Crippen molar-refractivity contribution in [3.63, 3.8) is 0 Å². The van der Waals surface area contributed by atoms with Gasteiger partial charge in [0, 0.05) is 55.4 Å². The first kappa shape index (κ1) is 36.5. The predicted molar refractivity (Wildman–Crippen MR) is 197 cm³/mol. The number of hydrogen-bond donors (Lipinski definition) is 1. The second kappa shape index (κ2) is 14.6. The number of anilines is 1. The molecule has 1 saturated heterocycles. The third kappa shape index (κ3) is 9.48. The van der Waals surface area contributed by atoms with Crippen molar-refractivity contribution in [1.29, 1.82) is 0 Å². The number of benzene rings is 1. The molecule has 1 aliphatic carbocycles. The average molecular weight is 686 g/mol. The van der Waals surface area contributed by atoms with Crippen LogP contribution in [0.25, 0.3) is 0 Å². The maximum absolute atomic E-state index is 14.1. The fraction of sp³-hybridized carbons (Fsp3) is 0.538. The van der Waals surface area contributed by atoms with Gasteiger partial charge in [0.1, 0.15) is 11.4 Å². The van der Waals surface area contributed by atoms with Gasteiger partial charge in [-0.3, -0.25) is 14.7 Å². The van der Waals surface area contributed by atoms with Crippen LogP contribution in [0.2, 0.25) is 18.1 Å². The van der Waals surface area contributed by atoms with E-state index < -0.39 is 13.9 Å². The lowest BCUT2D eigenvalue weighted by atomic mass is 10.0.